The largest absolute Gasteiger partial charge is 1.00 e. The standard InChI is InChI=1S/C16H11ClN2O4S.Na/c17-13-3-1-2-4-14(13)18-19-16-12-7-6-11(24(21,22)23)9-10(12)5-8-15(16)20;/h1-9,20H,(H,21,22,23);/q;+1. The van der Waals surface area contributed by atoms with Gasteiger partial charge in [-0.15, -0.1) is 10.2 Å². The van der Waals surface area contributed by atoms with Gasteiger partial charge in [0, 0.05) is 5.39 Å². The summed E-state index contributed by atoms with van der Waals surface area (Å²) < 4.78 is 31.6. The number of phenolic OH excluding ortho intramolecular Hbond substituents is 1. The Bertz CT molecular complexity index is 1070. The van der Waals surface area contributed by atoms with Crippen molar-refractivity contribution in [1.82, 2.24) is 0 Å². The first-order valence-corrected chi connectivity index (χ1v) is 8.57. The molecule has 3 aromatic rings. The summed E-state index contributed by atoms with van der Waals surface area (Å²) in [6.45, 7) is 0. The molecule has 122 valence electrons. The molecule has 6 nitrogen and oxygen atoms in total. The van der Waals surface area contributed by atoms with Gasteiger partial charge in [-0.05, 0) is 35.7 Å². The molecule has 3 rings (SSSR count). The summed E-state index contributed by atoms with van der Waals surface area (Å²) >= 11 is 6.01. The van der Waals surface area contributed by atoms with E-state index in [1.54, 1.807) is 24.3 Å². The minimum absolute atomic E-state index is 0. The van der Waals surface area contributed by atoms with Crippen molar-refractivity contribution < 1.29 is 47.6 Å². The van der Waals surface area contributed by atoms with Gasteiger partial charge in [-0.3, -0.25) is 4.55 Å². The molecule has 0 radical (unpaired) electrons. The predicted molar refractivity (Wildman–Crippen MR) is 91.1 cm³/mol. The number of aromatic hydroxyl groups is 1. The van der Waals surface area contributed by atoms with E-state index in [-0.39, 0.29) is 45.9 Å². The Morgan fingerprint density at radius 2 is 1.68 bits per heavy atom. The fraction of sp³-hybridized carbons (Fsp3) is 0. The molecule has 9 heteroatoms. The third-order valence-corrected chi connectivity index (χ3v) is 4.52. The fourth-order valence-corrected chi connectivity index (χ4v) is 2.87. The van der Waals surface area contributed by atoms with Gasteiger partial charge in [-0.1, -0.05) is 35.9 Å². The molecule has 0 aliphatic carbocycles. The van der Waals surface area contributed by atoms with E-state index in [0.29, 0.717) is 21.5 Å². The van der Waals surface area contributed by atoms with Crippen molar-refractivity contribution in [3.63, 3.8) is 0 Å². The van der Waals surface area contributed by atoms with E-state index in [9.17, 15) is 13.5 Å². The van der Waals surface area contributed by atoms with Gasteiger partial charge in [0.1, 0.15) is 17.1 Å². The van der Waals surface area contributed by atoms with Crippen molar-refractivity contribution in [2.24, 2.45) is 10.2 Å². The van der Waals surface area contributed by atoms with E-state index < -0.39 is 10.1 Å². The first-order valence-electron chi connectivity index (χ1n) is 6.76. The molecule has 2 N–H and O–H groups in total. The van der Waals surface area contributed by atoms with Crippen molar-refractivity contribution in [3.8, 4) is 5.75 Å². The summed E-state index contributed by atoms with van der Waals surface area (Å²) in [7, 11) is -4.31. The number of benzene rings is 3. The number of rotatable bonds is 3. The van der Waals surface area contributed by atoms with Crippen LogP contribution in [0.2, 0.25) is 5.02 Å². The van der Waals surface area contributed by atoms with Gasteiger partial charge in [0.25, 0.3) is 10.1 Å². The van der Waals surface area contributed by atoms with Gasteiger partial charge in [0.2, 0.25) is 0 Å². The van der Waals surface area contributed by atoms with Gasteiger partial charge >= 0.3 is 29.6 Å². The molecule has 25 heavy (non-hydrogen) atoms. The molecule has 0 heterocycles. The van der Waals surface area contributed by atoms with Crippen molar-refractivity contribution in [2.45, 2.75) is 4.90 Å². The maximum Gasteiger partial charge on any atom is 1.00 e. The minimum atomic E-state index is -4.31. The molecule has 0 saturated heterocycles. The molecule has 0 aliphatic rings. The SMILES string of the molecule is O=S(=O)(O)c1ccc2c(N=Nc3ccccc3Cl)c(O)ccc2c1.[Na+]. The molecule has 0 aromatic heterocycles. The number of nitrogens with zero attached hydrogens (tertiary/aromatic N) is 2. The smallest absolute Gasteiger partial charge is 0.506 e. The number of halogens is 1. The third-order valence-electron chi connectivity index (χ3n) is 3.35. The van der Waals surface area contributed by atoms with E-state index >= 15 is 0 Å². The average molecular weight is 386 g/mol. The molecule has 3 aromatic carbocycles. The molecule has 0 bridgehead atoms. The quantitative estimate of drug-likeness (QED) is 0.408. The van der Waals surface area contributed by atoms with Gasteiger partial charge in [-0.25, -0.2) is 0 Å². The Kier molecular flexibility index (Phi) is 6.21. The number of azo groups is 1. The first kappa shape index (κ1) is 19.8. The summed E-state index contributed by atoms with van der Waals surface area (Å²) in [4.78, 5) is -0.241. The molecule has 0 spiro atoms. The van der Waals surface area contributed by atoms with Gasteiger partial charge in [-0.2, -0.15) is 8.42 Å². The zero-order valence-corrected chi connectivity index (χ0v) is 16.7. The second-order valence-electron chi connectivity index (χ2n) is 4.94. The maximum absolute atomic E-state index is 11.2. The predicted octanol–water partition coefficient (Wildman–Crippen LogP) is 1.86. The number of fused-ring (bicyclic) bond motifs is 1. The topological polar surface area (TPSA) is 99.3 Å². The molecule has 0 atom stereocenters. The minimum Gasteiger partial charge on any atom is -0.506 e. The average Bonchev–Trinajstić information content (AvgIpc) is 2.54. The second-order valence-corrected chi connectivity index (χ2v) is 6.77. The summed E-state index contributed by atoms with van der Waals surface area (Å²) in [5, 5.41) is 19.5. The van der Waals surface area contributed by atoms with Crippen LogP contribution in [0.15, 0.2) is 69.7 Å². The van der Waals surface area contributed by atoms with Crippen LogP contribution in [0.4, 0.5) is 11.4 Å². The first-order chi connectivity index (χ1) is 11.4. The summed E-state index contributed by atoms with van der Waals surface area (Å²) in [5.74, 6) is -0.113. The van der Waals surface area contributed by atoms with Crippen LogP contribution < -0.4 is 29.6 Å². The molecular formula is C16H11ClN2NaO4S+. The zero-order valence-electron chi connectivity index (χ0n) is 13.1. The Labute approximate surface area is 171 Å². The van der Waals surface area contributed by atoms with Crippen LogP contribution in [0.25, 0.3) is 10.8 Å². The molecule has 0 fully saturated rings. The van der Waals surface area contributed by atoms with Crippen molar-refractivity contribution in [1.29, 1.82) is 0 Å². The van der Waals surface area contributed by atoms with E-state index in [1.165, 1.54) is 30.3 Å². The number of hydrogen-bond acceptors (Lipinski definition) is 5. The van der Waals surface area contributed by atoms with Crippen LogP contribution in [0.3, 0.4) is 0 Å². The summed E-state index contributed by atoms with van der Waals surface area (Å²) in [6, 6.07) is 13.7. The third kappa shape index (κ3) is 4.38. The van der Waals surface area contributed by atoms with Crippen LogP contribution in [0.1, 0.15) is 0 Å². The van der Waals surface area contributed by atoms with Crippen molar-refractivity contribution in [2.75, 3.05) is 0 Å². The Morgan fingerprint density at radius 1 is 0.960 bits per heavy atom. The monoisotopic (exact) mass is 385 g/mol. The van der Waals surface area contributed by atoms with Gasteiger partial charge < -0.3 is 5.11 Å². The van der Waals surface area contributed by atoms with Crippen LogP contribution in [0.5, 0.6) is 5.75 Å². The van der Waals surface area contributed by atoms with Gasteiger partial charge in [0.05, 0.1) is 9.92 Å². The maximum atomic E-state index is 11.2. The molecular weight excluding hydrogens is 375 g/mol. The van der Waals surface area contributed by atoms with E-state index in [2.05, 4.69) is 10.2 Å². The molecule has 0 amide bonds. The van der Waals surface area contributed by atoms with E-state index in [4.69, 9.17) is 16.2 Å². The van der Waals surface area contributed by atoms with E-state index in [0.717, 1.165) is 0 Å². The van der Waals surface area contributed by atoms with E-state index in [1.807, 2.05) is 0 Å². The molecule has 0 aliphatic heterocycles. The van der Waals surface area contributed by atoms with Crippen molar-refractivity contribution in [3.05, 3.63) is 59.6 Å². The second kappa shape index (κ2) is 7.82. The summed E-state index contributed by atoms with van der Waals surface area (Å²) in [6.07, 6.45) is 0. The Balaban J connectivity index is 0.00000225. The Hall–Kier alpha value is -1.48. The van der Waals surface area contributed by atoms with Gasteiger partial charge in [0.15, 0.2) is 0 Å². The zero-order chi connectivity index (χ0) is 17.3. The van der Waals surface area contributed by atoms with Crippen molar-refractivity contribution >= 4 is 43.9 Å². The normalized spacial score (nSPS) is 11.6. The van der Waals surface area contributed by atoms with Crippen LogP contribution >= 0.6 is 11.6 Å². The summed E-state index contributed by atoms with van der Waals surface area (Å²) in [5.41, 5.74) is 0.611. The number of phenols is 1. The fourth-order valence-electron chi connectivity index (χ4n) is 2.18. The number of hydrogen-bond donors (Lipinski definition) is 2. The van der Waals surface area contributed by atoms with Crippen LogP contribution in [-0.4, -0.2) is 18.1 Å². The Morgan fingerprint density at radius 3 is 2.36 bits per heavy atom. The molecule has 0 unspecified atom stereocenters. The molecule has 0 saturated carbocycles. The van der Waals surface area contributed by atoms with Crippen LogP contribution in [-0.2, 0) is 10.1 Å². The van der Waals surface area contributed by atoms with Crippen LogP contribution in [0, 0.1) is 0 Å².